The van der Waals surface area contributed by atoms with Gasteiger partial charge in [0.1, 0.15) is 11.4 Å². The van der Waals surface area contributed by atoms with Gasteiger partial charge in [-0.25, -0.2) is 4.98 Å². The zero-order chi connectivity index (χ0) is 18.1. The van der Waals surface area contributed by atoms with Crippen LogP contribution in [0.5, 0.6) is 0 Å². The van der Waals surface area contributed by atoms with E-state index in [2.05, 4.69) is 14.9 Å². The highest BCUT2D eigenvalue weighted by molar-refractivity contribution is 5.93. The molecular formula is C19H21N5O2. The number of carbonyl (C=O) groups is 1. The van der Waals surface area contributed by atoms with Crippen LogP contribution in [0.4, 0.5) is 0 Å². The summed E-state index contributed by atoms with van der Waals surface area (Å²) in [4.78, 5) is 36.7. The predicted molar refractivity (Wildman–Crippen MR) is 99.0 cm³/mol. The molecule has 0 saturated carbocycles. The predicted octanol–water partition coefficient (Wildman–Crippen LogP) is 1.22. The van der Waals surface area contributed by atoms with E-state index in [1.165, 1.54) is 4.57 Å². The number of para-hydroxylation sites is 2. The van der Waals surface area contributed by atoms with Gasteiger partial charge in [0.2, 0.25) is 0 Å². The fraction of sp³-hybridized carbons (Fsp3) is 0.316. The third-order valence-corrected chi connectivity index (χ3v) is 4.83. The molecule has 0 unspecified atom stereocenters. The van der Waals surface area contributed by atoms with Gasteiger partial charge < -0.3 is 14.5 Å². The maximum absolute atomic E-state index is 12.6. The van der Waals surface area contributed by atoms with Gasteiger partial charge in [0.05, 0.1) is 17.6 Å². The monoisotopic (exact) mass is 351 g/mol. The van der Waals surface area contributed by atoms with Crippen LogP contribution >= 0.6 is 0 Å². The number of nitrogens with one attached hydrogen (secondary N) is 1. The minimum atomic E-state index is -0.248. The Morgan fingerprint density at radius 3 is 2.65 bits per heavy atom. The number of amides is 1. The molecule has 2 aromatic heterocycles. The van der Waals surface area contributed by atoms with Crippen molar-refractivity contribution in [2.75, 3.05) is 26.2 Å². The second kappa shape index (κ2) is 6.76. The van der Waals surface area contributed by atoms with Gasteiger partial charge in [0.15, 0.2) is 0 Å². The number of carbonyl (C=O) groups excluding carboxylic acids is 1. The Balaban J connectivity index is 1.40. The van der Waals surface area contributed by atoms with Gasteiger partial charge in [0, 0.05) is 39.4 Å². The fourth-order valence-corrected chi connectivity index (χ4v) is 3.33. The van der Waals surface area contributed by atoms with E-state index in [4.69, 9.17) is 0 Å². The second-order valence-corrected chi connectivity index (χ2v) is 6.61. The number of piperazine rings is 1. The van der Waals surface area contributed by atoms with E-state index in [0.717, 1.165) is 36.5 Å². The highest BCUT2D eigenvalue weighted by atomic mass is 16.2. The van der Waals surface area contributed by atoms with Crippen molar-refractivity contribution < 1.29 is 4.79 Å². The van der Waals surface area contributed by atoms with Gasteiger partial charge in [-0.2, -0.15) is 0 Å². The first-order chi connectivity index (χ1) is 12.6. The van der Waals surface area contributed by atoms with Crippen LogP contribution in [0.15, 0.2) is 47.4 Å². The number of H-pyrrole nitrogens is 1. The van der Waals surface area contributed by atoms with Crippen molar-refractivity contribution in [1.82, 2.24) is 24.3 Å². The molecule has 0 spiro atoms. The van der Waals surface area contributed by atoms with Gasteiger partial charge in [-0.3, -0.25) is 14.5 Å². The molecule has 26 heavy (non-hydrogen) atoms. The van der Waals surface area contributed by atoms with Crippen LogP contribution in [0.25, 0.3) is 11.0 Å². The molecule has 134 valence electrons. The maximum atomic E-state index is 12.6. The smallest absolute Gasteiger partial charge is 0.263 e. The van der Waals surface area contributed by atoms with E-state index in [1.54, 1.807) is 30.3 Å². The van der Waals surface area contributed by atoms with E-state index in [1.807, 2.05) is 24.3 Å². The Morgan fingerprint density at radius 2 is 1.88 bits per heavy atom. The summed E-state index contributed by atoms with van der Waals surface area (Å²) in [6.07, 6.45) is 1.66. The summed E-state index contributed by atoms with van der Waals surface area (Å²) in [5, 5.41) is 0. The summed E-state index contributed by atoms with van der Waals surface area (Å²) in [7, 11) is 1.66. The van der Waals surface area contributed by atoms with Crippen LogP contribution < -0.4 is 5.56 Å². The molecule has 0 radical (unpaired) electrons. The molecule has 3 aromatic rings. The molecule has 3 heterocycles. The molecule has 1 amide bonds. The van der Waals surface area contributed by atoms with Crippen LogP contribution in [-0.2, 0) is 13.6 Å². The maximum Gasteiger partial charge on any atom is 0.263 e. The van der Waals surface area contributed by atoms with E-state index in [0.29, 0.717) is 13.1 Å². The minimum absolute atomic E-state index is 0.186. The van der Waals surface area contributed by atoms with Gasteiger partial charge in [-0.05, 0) is 24.3 Å². The number of aromatic amines is 1. The molecule has 1 aliphatic rings. The van der Waals surface area contributed by atoms with E-state index in [-0.39, 0.29) is 17.0 Å². The van der Waals surface area contributed by atoms with Crippen LogP contribution in [-0.4, -0.2) is 56.4 Å². The Kier molecular flexibility index (Phi) is 4.30. The van der Waals surface area contributed by atoms with Gasteiger partial charge in [-0.1, -0.05) is 12.1 Å². The quantitative estimate of drug-likeness (QED) is 0.770. The van der Waals surface area contributed by atoms with E-state index in [9.17, 15) is 9.59 Å². The first-order valence-electron chi connectivity index (χ1n) is 8.73. The number of benzene rings is 1. The summed E-state index contributed by atoms with van der Waals surface area (Å²) >= 11 is 0. The van der Waals surface area contributed by atoms with Crippen LogP contribution in [0.3, 0.4) is 0 Å². The third kappa shape index (κ3) is 3.13. The summed E-state index contributed by atoms with van der Waals surface area (Å²) in [6.45, 7) is 3.46. The molecule has 7 heteroatoms. The van der Waals surface area contributed by atoms with Gasteiger partial charge in [-0.15, -0.1) is 0 Å². The lowest BCUT2D eigenvalue weighted by Gasteiger charge is -2.34. The minimum Gasteiger partial charge on any atom is -0.341 e. The molecule has 7 nitrogen and oxygen atoms in total. The van der Waals surface area contributed by atoms with Gasteiger partial charge >= 0.3 is 0 Å². The number of fused-ring (bicyclic) bond motifs is 1. The van der Waals surface area contributed by atoms with Crippen LogP contribution in [0.2, 0.25) is 0 Å². The molecule has 1 N–H and O–H groups in total. The van der Waals surface area contributed by atoms with E-state index >= 15 is 0 Å². The molecule has 0 atom stereocenters. The second-order valence-electron chi connectivity index (χ2n) is 6.61. The average Bonchev–Trinajstić information content (AvgIpc) is 3.06. The average molecular weight is 351 g/mol. The lowest BCUT2D eigenvalue weighted by molar-refractivity contribution is 0.0623. The highest BCUT2D eigenvalue weighted by Crippen LogP contribution is 2.13. The molecule has 0 aliphatic carbocycles. The van der Waals surface area contributed by atoms with Crippen molar-refractivity contribution in [3.63, 3.8) is 0 Å². The van der Waals surface area contributed by atoms with Crippen molar-refractivity contribution in [3.8, 4) is 0 Å². The molecule has 1 saturated heterocycles. The highest BCUT2D eigenvalue weighted by Gasteiger charge is 2.24. The number of hydrogen-bond donors (Lipinski definition) is 1. The molecule has 1 fully saturated rings. The molecule has 0 bridgehead atoms. The van der Waals surface area contributed by atoms with Crippen LogP contribution in [0, 0.1) is 0 Å². The van der Waals surface area contributed by atoms with Crippen molar-refractivity contribution in [1.29, 1.82) is 0 Å². The van der Waals surface area contributed by atoms with E-state index < -0.39 is 0 Å². The normalized spacial score (nSPS) is 15.5. The van der Waals surface area contributed by atoms with Crippen molar-refractivity contribution >= 4 is 16.9 Å². The Morgan fingerprint density at radius 1 is 1.12 bits per heavy atom. The molecular weight excluding hydrogens is 330 g/mol. The summed E-state index contributed by atoms with van der Waals surface area (Å²) in [5.74, 6) is 0.748. The Labute approximate surface area is 150 Å². The van der Waals surface area contributed by atoms with Crippen molar-refractivity contribution in [2.24, 2.45) is 7.05 Å². The fourth-order valence-electron chi connectivity index (χ4n) is 3.33. The Bertz CT molecular complexity index is 965. The lowest BCUT2D eigenvalue weighted by Crippen LogP contribution is -2.49. The number of hydrogen-bond acceptors (Lipinski definition) is 4. The van der Waals surface area contributed by atoms with Crippen LogP contribution in [0.1, 0.15) is 16.2 Å². The summed E-state index contributed by atoms with van der Waals surface area (Å²) < 4.78 is 1.44. The number of aryl methyl sites for hydroxylation is 1. The topological polar surface area (TPSA) is 74.2 Å². The molecule has 1 aliphatic heterocycles. The zero-order valence-electron chi connectivity index (χ0n) is 14.7. The summed E-state index contributed by atoms with van der Waals surface area (Å²) in [6, 6.07) is 11.3. The standard InChI is InChI=1S/C19H21N5O2/c1-22-8-4-5-14(18(22)25)19(26)24-11-9-23(10-12-24)13-17-20-15-6-2-3-7-16(15)21-17/h2-8H,9-13H2,1H3,(H,20,21). The summed E-state index contributed by atoms with van der Waals surface area (Å²) in [5.41, 5.74) is 2.00. The number of pyridine rings is 1. The Hall–Kier alpha value is -2.93. The SMILES string of the molecule is Cn1cccc(C(=O)N2CCN(Cc3nc4ccccc4[nH]3)CC2)c1=O. The number of nitrogens with zero attached hydrogens (tertiary/aromatic N) is 4. The molecule has 1 aromatic carbocycles. The number of rotatable bonds is 3. The van der Waals surface area contributed by atoms with Gasteiger partial charge in [0.25, 0.3) is 11.5 Å². The molecule has 4 rings (SSSR count). The largest absolute Gasteiger partial charge is 0.341 e. The zero-order valence-corrected chi connectivity index (χ0v) is 14.7. The first-order valence-corrected chi connectivity index (χ1v) is 8.73. The van der Waals surface area contributed by atoms with Crippen molar-refractivity contribution in [2.45, 2.75) is 6.54 Å². The number of aromatic nitrogens is 3. The first kappa shape index (κ1) is 16.5. The van der Waals surface area contributed by atoms with Crippen molar-refractivity contribution in [3.05, 3.63) is 64.3 Å². The lowest BCUT2D eigenvalue weighted by atomic mass is 10.2. The third-order valence-electron chi connectivity index (χ3n) is 4.83. The number of imidazole rings is 1.